The summed E-state index contributed by atoms with van der Waals surface area (Å²) >= 11 is 6.01. The molecule has 0 aliphatic heterocycles. The van der Waals surface area contributed by atoms with E-state index in [9.17, 15) is 4.39 Å². The predicted octanol–water partition coefficient (Wildman–Crippen LogP) is 5.17. The molecule has 1 unspecified atom stereocenters. The summed E-state index contributed by atoms with van der Waals surface area (Å²) in [5.74, 6) is 1.58. The summed E-state index contributed by atoms with van der Waals surface area (Å²) in [6.07, 6.45) is 4.12. The molecule has 0 amide bonds. The third kappa shape index (κ3) is 3.43. The molecular weight excluding hydrogens is 275 g/mol. The van der Waals surface area contributed by atoms with E-state index in [1.165, 1.54) is 17.7 Å². The fourth-order valence-corrected chi connectivity index (χ4v) is 2.76. The topological polar surface area (TPSA) is 9.23 Å². The Labute approximate surface area is 125 Å². The Morgan fingerprint density at radius 2 is 2.00 bits per heavy atom. The van der Waals surface area contributed by atoms with Crippen molar-refractivity contribution in [1.82, 2.24) is 0 Å². The Morgan fingerprint density at radius 3 is 2.60 bits per heavy atom. The van der Waals surface area contributed by atoms with E-state index in [2.05, 4.69) is 13.0 Å². The highest BCUT2D eigenvalue weighted by Crippen LogP contribution is 2.35. The molecule has 0 saturated carbocycles. The maximum Gasteiger partial charge on any atom is 0.123 e. The first-order valence-corrected chi connectivity index (χ1v) is 7.55. The Hall–Kier alpha value is -1.28. The third-order valence-electron chi connectivity index (χ3n) is 3.58. The van der Waals surface area contributed by atoms with Crippen molar-refractivity contribution in [3.8, 4) is 0 Å². The molecule has 1 atom stereocenters. The number of allylic oxidation sites excluding steroid dienone is 3. The van der Waals surface area contributed by atoms with Gasteiger partial charge in [-0.1, -0.05) is 17.7 Å². The molecule has 0 bridgehead atoms. The van der Waals surface area contributed by atoms with Gasteiger partial charge >= 0.3 is 0 Å². The van der Waals surface area contributed by atoms with Gasteiger partial charge in [0.05, 0.1) is 6.61 Å². The van der Waals surface area contributed by atoms with Gasteiger partial charge in [-0.3, -0.25) is 0 Å². The molecule has 0 N–H and O–H groups in total. The highest BCUT2D eigenvalue weighted by Gasteiger charge is 2.19. The van der Waals surface area contributed by atoms with Gasteiger partial charge in [-0.2, -0.15) is 0 Å². The van der Waals surface area contributed by atoms with Gasteiger partial charge in [0, 0.05) is 11.5 Å². The van der Waals surface area contributed by atoms with Crippen LogP contribution in [0.1, 0.15) is 32.3 Å². The largest absolute Gasteiger partial charge is 0.494 e. The zero-order valence-corrected chi connectivity index (χ0v) is 12.7. The monoisotopic (exact) mass is 294 g/mol. The first-order chi connectivity index (χ1) is 9.65. The third-order valence-corrected chi connectivity index (χ3v) is 3.98. The predicted molar refractivity (Wildman–Crippen MR) is 82.1 cm³/mol. The van der Waals surface area contributed by atoms with Crippen molar-refractivity contribution in [2.24, 2.45) is 5.92 Å². The van der Waals surface area contributed by atoms with Crippen molar-refractivity contribution in [2.75, 3.05) is 12.5 Å². The van der Waals surface area contributed by atoms with Gasteiger partial charge in [0.25, 0.3) is 0 Å². The van der Waals surface area contributed by atoms with Crippen LogP contribution in [-0.4, -0.2) is 12.5 Å². The van der Waals surface area contributed by atoms with Crippen molar-refractivity contribution in [1.29, 1.82) is 0 Å². The number of hydrogen-bond acceptors (Lipinski definition) is 1. The van der Waals surface area contributed by atoms with E-state index in [-0.39, 0.29) is 5.82 Å². The van der Waals surface area contributed by atoms with E-state index in [1.54, 1.807) is 0 Å². The number of halogens is 2. The van der Waals surface area contributed by atoms with Crippen molar-refractivity contribution in [3.05, 3.63) is 53.1 Å². The number of ether oxygens (including phenoxy) is 1. The molecule has 2 rings (SSSR count). The first kappa shape index (κ1) is 15.1. The van der Waals surface area contributed by atoms with Gasteiger partial charge in [-0.05, 0) is 56.4 Å². The summed E-state index contributed by atoms with van der Waals surface area (Å²) in [5, 5.41) is 0. The summed E-state index contributed by atoms with van der Waals surface area (Å²) < 4.78 is 18.9. The molecule has 0 fully saturated rings. The molecule has 1 nitrogen and oxygen atoms in total. The zero-order chi connectivity index (χ0) is 14.5. The maximum atomic E-state index is 13.1. The summed E-state index contributed by atoms with van der Waals surface area (Å²) in [4.78, 5) is 0. The van der Waals surface area contributed by atoms with Gasteiger partial charge in [0.15, 0.2) is 0 Å². The van der Waals surface area contributed by atoms with Crippen LogP contribution in [0.3, 0.4) is 0 Å². The second-order valence-corrected chi connectivity index (χ2v) is 5.39. The molecule has 0 aromatic heterocycles. The minimum absolute atomic E-state index is 0.221. The van der Waals surface area contributed by atoms with E-state index < -0.39 is 0 Å². The lowest BCUT2D eigenvalue weighted by Crippen LogP contribution is -2.01. The Kier molecular flexibility index (Phi) is 5.24. The van der Waals surface area contributed by atoms with Crippen LogP contribution in [0.5, 0.6) is 0 Å². The lowest BCUT2D eigenvalue weighted by atomic mass is 9.98. The summed E-state index contributed by atoms with van der Waals surface area (Å²) in [6.45, 7) is 4.69. The molecule has 20 heavy (non-hydrogen) atoms. The molecule has 0 spiro atoms. The van der Waals surface area contributed by atoms with Crippen molar-refractivity contribution in [2.45, 2.75) is 26.7 Å². The van der Waals surface area contributed by atoms with Crippen LogP contribution in [0.15, 0.2) is 41.7 Å². The van der Waals surface area contributed by atoms with Crippen molar-refractivity contribution in [3.63, 3.8) is 0 Å². The number of rotatable bonds is 4. The van der Waals surface area contributed by atoms with E-state index in [1.807, 2.05) is 19.1 Å². The fourth-order valence-electron chi connectivity index (χ4n) is 2.52. The zero-order valence-electron chi connectivity index (χ0n) is 12.0. The summed E-state index contributed by atoms with van der Waals surface area (Å²) in [6, 6.07) is 6.59. The normalized spacial score (nSPS) is 19.6. The van der Waals surface area contributed by atoms with Crippen LogP contribution in [0.2, 0.25) is 0 Å². The highest BCUT2D eigenvalue weighted by atomic mass is 35.5. The fraction of sp³-hybridized carbons (Fsp3) is 0.412. The number of benzene rings is 1. The molecule has 1 aliphatic carbocycles. The summed E-state index contributed by atoms with van der Waals surface area (Å²) in [7, 11) is 0. The molecule has 1 aromatic rings. The molecule has 1 aliphatic rings. The average Bonchev–Trinajstić information content (AvgIpc) is 2.60. The van der Waals surface area contributed by atoms with Crippen molar-refractivity contribution >= 4 is 17.2 Å². The Bertz CT molecular complexity index is 516. The molecule has 0 heterocycles. The minimum atomic E-state index is -0.221. The standard InChI is InChI=1S/C17H20ClFO/c1-3-20-16-10-13(11-18)5-4-12(2)17(16)14-6-8-15(19)9-7-14/h6-10,13H,3-5,11H2,1-2H3. The molecule has 0 saturated heterocycles. The van der Waals surface area contributed by atoms with Crippen LogP contribution < -0.4 is 0 Å². The van der Waals surface area contributed by atoms with Gasteiger partial charge in [-0.15, -0.1) is 11.6 Å². The quantitative estimate of drug-likeness (QED) is 0.696. The molecule has 108 valence electrons. The van der Waals surface area contributed by atoms with Gasteiger partial charge < -0.3 is 4.74 Å². The van der Waals surface area contributed by atoms with E-state index in [0.717, 1.165) is 29.7 Å². The maximum absolute atomic E-state index is 13.1. The van der Waals surface area contributed by atoms with Crippen LogP contribution in [0, 0.1) is 11.7 Å². The molecular formula is C17H20ClFO. The van der Waals surface area contributed by atoms with E-state index in [0.29, 0.717) is 18.4 Å². The SMILES string of the molecule is CCOC1=CC(CCl)CCC(C)=C1c1ccc(F)cc1. The Balaban J connectivity index is 2.45. The van der Waals surface area contributed by atoms with Gasteiger partial charge in [-0.25, -0.2) is 4.39 Å². The minimum Gasteiger partial charge on any atom is -0.494 e. The average molecular weight is 295 g/mol. The number of alkyl halides is 1. The lowest BCUT2D eigenvalue weighted by Gasteiger charge is -2.15. The van der Waals surface area contributed by atoms with E-state index in [4.69, 9.17) is 16.3 Å². The smallest absolute Gasteiger partial charge is 0.123 e. The Morgan fingerprint density at radius 1 is 1.30 bits per heavy atom. The van der Waals surface area contributed by atoms with Crippen LogP contribution in [0.25, 0.3) is 5.57 Å². The number of hydrogen-bond donors (Lipinski definition) is 0. The second kappa shape index (κ2) is 6.94. The molecule has 3 heteroatoms. The lowest BCUT2D eigenvalue weighted by molar-refractivity contribution is 0.243. The summed E-state index contributed by atoms with van der Waals surface area (Å²) in [5.41, 5.74) is 3.35. The molecule has 0 radical (unpaired) electrons. The second-order valence-electron chi connectivity index (χ2n) is 5.08. The first-order valence-electron chi connectivity index (χ1n) is 7.02. The van der Waals surface area contributed by atoms with Crippen molar-refractivity contribution < 1.29 is 9.13 Å². The highest BCUT2D eigenvalue weighted by molar-refractivity contribution is 6.18. The van der Waals surface area contributed by atoms with Crippen LogP contribution >= 0.6 is 11.6 Å². The van der Waals surface area contributed by atoms with Gasteiger partial charge in [0.2, 0.25) is 0 Å². The van der Waals surface area contributed by atoms with Gasteiger partial charge in [0.1, 0.15) is 11.6 Å². The van der Waals surface area contributed by atoms with Crippen LogP contribution in [-0.2, 0) is 4.74 Å². The van der Waals surface area contributed by atoms with Crippen LogP contribution in [0.4, 0.5) is 4.39 Å². The van der Waals surface area contributed by atoms with E-state index >= 15 is 0 Å². The molecule has 1 aromatic carbocycles.